The Morgan fingerprint density at radius 2 is 1.07 bits per heavy atom. The smallest absolute Gasteiger partial charge is 0.258 e. The van der Waals surface area contributed by atoms with E-state index in [0.717, 1.165) is 62.0 Å². The molecule has 4 saturated heterocycles. The van der Waals surface area contributed by atoms with E-state index in [1.165, 1.54) is 38.5 Å². The van der Waals surface area contributed by atoms with Crippen LogP contribution in [0.1, 0.15) is 85.5 Å². The summed E-state index contributed by atoms with van der Waals surface area (Å²) >= 11 is 0. The lowest BCUT2D eigenvalue weighted by Gasteiger charge is -2.37. The van der Waals surface area contributed by atoms with E-state index in [1.807, 2.05) is 62.4 Å². The number of aromatic nitrogens is 4. The highest BCUT2D eigenvalue weighted by atomic mass is 16.3. The molecule has 364 valence electrons. The Morgan fingerprint density at radius 3 is 1.43 bits per heavy atom. The van der Waals surface area contributed by atoms with Gasteiger partial charge in [-0.1, -0.05) is 24.3 Å². The van der Waals surface area contributed by atoms with Crippen LogP contribution in [0.5, 0.6) is 0 Å². The molecule has 18 nitrogen and oxygen atoms in total. The molecule has 6 aliphatic heterocycles. The van der Waals surface area contributed by atoms with E-state index in [4.69, 9.17) is 8.83 Å². The van der Waals surface area contributed by atoms with Gasteiger partial charge in [-0.15, -0.1) is 0 Å². The monoisotopic (exact) mass is 935 g/mol. The van der Waals surface area contributed by atoms with Gasteiger partial charge >= 0.3 is 0 Å². The van der Waals surface area contributed by atoms with Gasteiger partial charge in [0.15, 0.2) is 12.8 Å². The number of carbonyl (C=O) groups excluding carboxylic acids is 2. The van der Waals surface area contributed by atoms with Crippen molar-refractivity contribution in [1.29, 1.82) is 0 Å². The second kappa shape index (κ2) is 21.4. The standard InChI is InChI=1S/2C25H33N5O4/c2*1-2-5-17-6-7-20-23-22(24(32)26-8-11-28-9-3-4-10-28)19(14-31)21(13-30(20)25(17)33)29(23)12-18-15-34-16-27-18/h2*2,5-7,15-16,19,21-23,31H,3-4,8-14H2,1H3,(H,26,32)/b5-2+;5-2-/t2*19-,21-,22+,23+/m00/s1. The maximum atomic E-state index is 13.5. The second-order valence-corrected chi connectivity index (χ2v) is 19.0. The third-order valence-corrected chi connectivity index (χ3v) is 15.2. The lowest BCUT2D eigenvalue weighted by Crippen LogP contribution is -2.46. The van der Waals surface area contributed by atoms with Crippen LogP contribution in [0.25, 0.3) is 12.2 Å². The topological polar surface area (TPSA) is 208 Å². The second-order valence-electron chi connectivity index (χ2n) is 19.0. The molecular weight excluding hydrogens is 869 g/mol. The molecule has 4 bridgehead atoms. The number of allylic oxidation sites excluding steroid dienone is 2. The van der Waals surface area contributed by atoms with Gasteiger partial charge in [0.1, 0.15) is 12.5 Å². The minimum atomic E-state index is -0.457. The minimum Gasteiger partial charge on any atom is -0.451 e. The number of fused-ring (bicyclic) bond motifs is 8. The number of amides is 2. The van der Waals surface area contributed by atoms with Gasteiger partial charge in [0.05, 0.1) is 35.3 Å². The van der Waals surface area contributed by atoms with Crippen molar-refractivity contribution in [2.45, 2.75) is 89.9 Å². The molecule has 0 spiro atoms. The van der Waals surface area contributed by atoms with E-state index in [-0.39, 0.29) is 72.1 Å². The number of hydrogen-bond donors (Lipinski definition) is 4. The number of likely N-dealkylation sites (tertiary alicyclic amines) is 2. The fourth-order valence-corrected chi connectivity index (χ4v) is 12.1. The number of pyridine rings is 2. The Labute approximate surface area is 396 Å². The molecule has 4 N–H and O–H groups in total. The van der Waals surface area contributed by atoms with Crippen LogP contribution in [0, 0.1) is 23.7 Å². The molecule has 0 aliphatic carbocycles. The van der Waals surface area contributed by atoms with Crippen LogP contribution >= 0.6 is 0 Å². The number of oxazole rings is 2. The van der Waals surface area contributed by atoms with Crippen molar-refractivity contribution in [3.8, 4) is 0 Å². The van der Waals surface area contributed by atoms with Crippen LogP contribution in [0.4, 0.5) is 0 Å². The Bertz CT molecular complexity index is 2350. The van der Waals surface area contributed by atoms with E-state index in [2.05, 4.69) is 40.2 Å². The van der Waals surface area contributed by atoms with Crippen LogP contribution in [-0.4, -0.2) is 138 Å². The minimum absolute atomic E-state index is 0.0570. The molecule has 8 atom stereocenters. The van der Waals surface area contributed by atoms with Crippen LogP contribution in [0.3, 0.4) is 0 Å². The first kappa shape index (κ1) is 47.6. The molecule has 4 aromatic heterocycles. The van der Waals surface area contributed by atoms with E-state index in [0.29, 0.717) is 50.4 Å². The average Bonchev–Trinajstić information content (AvgIpc) is 4.22. The molecule has 6 aliphatic rings. The van der Waals surface area contributed by atoms with Gasteiger partial charge in [-0.3, -0.25) is 29.0 Å². The number of aliphatic hydroxyl groups is 2. The molecule has 0 saturated carbocycles. The molecule has 0 radical (unpaired) electrons. The zero-order valence-corrected chi connectivity index (χ0v) is 39.2. The van der Waals surface area contributed by atoms with Crippen LogP contribution in [-0.2, 0) is 35.8 Å². The van der Waals surface area contributed by atoms with E-state index >= 15 is 0 Å². The summed E-state index contributed by atoms with van der Waals surface area (Å²) in [5, 5.41) is 27.1. The van der Waals surface area contributed by atoms with E-state index in [9.17, 15) is 29.4 Å². The lowest BCUT2D eigenvalue weighted by atomic mass is 9.86. The van der Waals surface area contributed by atoms with Crippen molar-refractivity contribution in [2.75, 3.05) is 65.6 Å². The van der Waals surface area contributed by atoms with Crippen LogP contribution < -0.4 is 21.8 Å². The van der Waals surface area contributed by atoms with Crippen molar-refractivity contribution in [3.63, 3.8) is 0 Å². The van der Waals surface area contributed by atoms with Gasteiger partial charge in [-0.2, -0.15) is 0 Å². The molecule has 4 fully saturated rings. The van der Waals surface area contributed by atoms with Gasteiger partial charge in [0, 0.05) is 112 Å². The maximum Gasteiger partial charge on any atom is 0.258 e. The summed E-state index contributed by atoms with van der Waals surface area (Å²) in [5.74, 6) is -1.60. The SMILES string of the molecule is C/C=C/c1ccc2n(c1=O)C[C@H]1[C@H](CO)[C@@H](C(=O)NCCN3CCCC3)[C@@H]2N1Cc1cocn1.C/C=C\c1ccc2n(c1=O)C[C@H]1[C@H](CO)[C@@H](C(=O)NCCN3CCCC3)[C@@H]2N1Cc1cocn1. The molecular formula is C50H66N10O8. The maximum absolute atomic E-state index is 13.5. The number of rotatable bonds is 16. The lowest BCUT2D eigenvalue weighted by molar-refractivity contribution is -0.128. The summed E-state index contributed by atoms with van der Waals surface area (Å²) in [6.45, 7) is 12.5. The summed E-state index contributed by atoms with van der Waals surface area (Å²) in [4.78, 5) is 71.3. The molecule has 68 heavy (non-hydrogen) atoms. The van der Waals surface area contributed by atoms with Crippen molar-refractivity contribution < 1.29 is 28.6 Å². The predicted octanol–water partition coefficient (Wildman–Crippen LogP) is 2.49. The summed E-state index contributed by atoms with van der Waals surface area (Å²) < 4.78 is 13.9. The molecule has 10 heterocycles. The zero-order valence-electron chi connectivity index (χ0n) is 39.2. The zero-order chi connectivity index (χ0) is 47.3. The summed E-state index contributed by atoms with van der Waals surface area (Å²) in [6, 6.07) is 6.60. The Hall–Kier alpha value is -5.50. The van der Waals surface area contributed by atoms with Gasteiger partial charge in [0.2, 0.25) is 11.8 Å². The van der Waals surface area contributed by atoms with Gasteiger partial charge in [0.25, 0.3) is 11.1 Å². The molecule has 4 aromatic rings. The van der Waals surface area contributed by atoms with Crippen LogP contribution in [0.15, 0.2) is 80.2 Å². The van der Waals surface area contributed by atoms with Crippen molar-refractivity contribution in [2.24, 2.45) is 23.7 Å². The molecule has 18 heteroatoms. The molecule has 2 amide bonds. The van der Waals surface area contributed by atoms with Gasteiger partial charge in [-0.05, 0) is 90.0 Å². The number of nitrogens with one attached hydrogen (secondary N) is 2. The normalized spacial score (nSPS) is 26.9. The van der Waals surface area contributed by atoms with E-state index in [1.54, 1.807) is 21.7 Å². The van der Waals surface area contributed by atoms with Crippen molar-refractivity contribution in [1.82, 2.24) is 49.3 Å². The first-order chi connectivity index (χ1) is 33.2. The Morgan fingerprint density at radius 1 is 0.662 bits per heavy atom. The van der Waals surface area contributed by atoms with E-state index < -0.39 is 11.8 Å². The fraction of sp³-hybridized carbons (Fsp3) is 0.560. The van der Waals surface area contributed by atoms with Gasteiger partial charge < -0.3 is 48.6 Å². The van der Waals surface area contributed by atoms with Gasteiger partial charge in [-0.25, -0.2) is 9.97 Å². The highest BCUT2D eigenvalue weighted by Crippen LogP contribution is 2.50. The highest BCUT2D eigenvalue weighted by molar-refractivity contribution is 5.81. The third kappa shape index (κ3) is 9.46. The largest absolute Gasteiger partial charge is 0.451 e. The molecule has 0 aromatic carbocycles. The first-order valence-electron chi connectivity index (χ1n) is 24.4. The number of aliphatic hydroxyl groups excluding tert-OH is 2. The Kier molecular flexibility index (Phi) is 15.0. The third-order valence-electron chi connectivity index (χ3n) is 15.2. The number of nitrogens with zero attached hydrogens (tertiary/aromatic N) is 8. The van der Waals surface area contributed by atoms with Crippen LogP contribution in [0.2, 0.25) is 0 Å². The quantitative estimate of drug-likeness (QED) is 0.127. The number of carbonyl (C=O) groups is 2. The first-order valence-corrected chi connectivity index (χ1v) is 24.4. The average molecular weight is 935 g/mol. The fourth-order valence-electron chi connectivity index (χ4n) is 12.1. The highest BCUT2D eigenvalue weighted by Gasteiger charge is 2.57. The summed E-state index contributed by atoms with van der Waals surface area (Å²) in [6.07, 6.45) is 18.2. The predicted molar refractivity (Wildman–Crippen MR) is 253 cm³/mol. The number of hydrogen-bond acceptors (Lipinski definition) is 14. The van der Waals surface area contributed by atoms with Crippen molar-refractivity contribution in [3.05, 3.63) is 116 Å². The molecule has 10 rings (SSSR count). The summed E-state index contributed by atoms with van der Waals surface area (Å²) in [5.41, 5.74) is 4.30. The van der Waals surface area contributed by atoms with Crippen molar-refractivity contribution >= 4 is 24.0 Å². The molecule has 0 unspecified atom stereocenters. The summed E-state index contributed by atoms with van der Waals surface area (Å²) in [7, 11) is 0. The Balaban J connectivity index is 0.000000170.